The van der Waals surface area contributed by atoms with Crippen LogP contribution >= 0.6 is 0 Å². The van der Waals surface area contributed by atoms with Gasteiger partial charge in [0.15, 0.2) is 9.84 Å². The molecule has 100 valence electrons. The standard InChI is InChI=1S/C10H19NO5S/c1-6-7(8(12)13)11(4)9(14)10(2,3)17(5,15)16/h7H,6H2,1-5H3,(H,12,13). The topological polar surface area (TPSA) is 91.8 Å². The van der Waals surface area contributed by atoms with E-state index in [0.717, 1.165) is 11.2 Å². The zero-order chi connectivity index (χ0) is 14.0. The molecule has 0 heterocycles. The van der Waals surface area contributed by atoms with Crippen LogP contribution in [0, 0.1) is 0 Å². The molecule has 6 nitrogen and oxygen atoms in total. The Morgan fingerprint density at radius 1 is 1.35 bits per heavy atom. The lowest BCUT2D eigenvalue weighted by molar-refractivity contribution is -0.149. The van der Waals surface area contributed by atoms with Gasteiger partial charge in [-0.3, -0.25) is 4.79 Å². The molecule has 0 aliphatic rings. The van der Waals surface area contributed by atoms with Crippen molar-refractivity contribution < 1.29 is 23.1 Å². The van der Waals surface area contributed by atoms with Crippen molar-refractivity contribution in [2.45, 2.75) is 38.0 Å². The van der Waals surface area contributed by atoms with Crippen molar-refractivity contribution >= 4 is 21.7 Å². The Kier molecular flexibility index (Phi) is 4.70. The first kappa shape index (κ1) is 15.9. The van der Waals surface area contributed by atoms with Gasteiger partial charge in [0.05, 0.1) is 0 Å². The van der Waals surface area contributed by atoms with Gasteiger partial charge >= 0.3 is 5.97 Å². The highest BCUT2D eigenvalue weighted by Crippen LogP contribution is 2.20. The molecule has 0 saturated carbocycles. The third-order valence-electron chi connectivity index (χ3n) is 2.90. The molecule has 0 aliphatic heterocycles. The Bertz CT molecular complexity index is 412. The summed E-state index contributed by atoms with van der Waals surface area (Å²) in [4.78, 5) is 23.9. The number of rotatable bonds is 5. The summed E-state index contributed by atoms with van der Waals surface area (Å²) in [5, 5.41) is 8.92. The normalized spacial score (nSPS) is 14.2. The first-order chi connectivity index (χ1) is 7.46. The molecule has 1 atom stereocenters. The van der Waals surface area contributed by atoms with Crippen LogP contribution < -0.4 is 0 Å². The molecule has 1 N–H and O–H groups in total. The first-order valence-electron chi connectivity index (χ1n) is 5.16. The average Bonchev–Trinajstić information content (AvgIpc) is 2.14. The number of sulfone groups is 1. The largest absolute Gasteiger partial charge is 0.480 e. The predicted molar refractivity (Wildman–Crippen MR) is 63.4 cm³/mol. The number of carboxylic acid groups (broad SMARTS) is 1. The number of aliphatic carboxylic acids is 1. The second kappa shape index (κ2) is 5.03. The van der Waals surface area contributed by atoms with Crippen LogP contribution in [0.15, 0.2) is 0 Å². The third kappa shape index (κ3) is 3.18. The van der Waals surface area contributed by atoms with E-state index in [1.165, 1.54) is 20.9 Å². The highest BCUT2D eigenvalue weighted by Gasteiger charge is 2.42. The zero-order valence-electron chi connectivity index (χ0n) is 10.7. The van der Waals surface area contributed by atoms with E-state index in [4.69, 9.17) is 5.11 Å². The lowest BCUT2D eigenvalue weighted by Crippen LogP contribution is -2.53. The molecule has 0 saturated heterocycles. The summed E-state index contributed by atoms with van der Waals surface area (Å²) >= 11 is 0. The number of amides is 1. The first-order valence-corrected chi connectivity index (χ1v) is 7.05. The van der Waals surface area contributed by atoms with Gasteiger partial charge in [0.25, 0.3) is 0 Å². The Hall–Kier alpha value is -1.11. The fourth-order valence-electron chi connectivity index (χ4n) is 1.34. The maximum absolute atomic E-state index is 12.0. The van der Waals surface area contributed by atoms with E-state index in [9.17, 15) is 18.0 Å². The van der Waals surface area contributed by atoms with Gasteiger partial charge in [0.1, 0.15) is 10.8 Å². The van der Waals surface area contributed by atoms with Crippen molar-refractivity contribution in [3.63, 3.8) is 0 Å². The second-order valence-corrected chi connectivity index (χ2v) is 7.03. The molecule has 0 fully saturated rings. The van der Waals surface area contributed by atoms with E-state index < -0.39 is 32.5 Å². The number of nitrogens with zero attached hydrogens (tertiary/aromatic N) is 1. The maximum atomic E-state index is 12.0. The summed E-state index contributed by atoms with van der Waals surface area (Å²) in [5.74, 6) is -1.86. The van der Waals surface area contributed by atoms with Crippen LogP contribution in [0.2, 0.25) is 0 Å². The molecule has 0 aliphatic carbocycles. The summed E-state index contributed by atoms with van der Waals surface area (Å²) in [7, 11) is -2.30. The van der Waals surface area contributed by atoms with E-state index in [1.54, 1.807) is 6.92 Å². The van der Waals surface area contributed by atoms with Crippen molar-refractivity contribution in [1.29, 1.82) is 0 Å². The smallest absolute Gasteiger partial charge is 0.326 e. The summed E-state index contributed by atoms with van der Waals surface area (Å²) in [6, 6.07) is -1.01. The molecule has 0 aromatic rings. The Morgan fingerprint density at radius 2 is 1.76 bits per heavy atom. The second-order valence-electron chi connectivity index (χ2n) is 4.46. The van der Waals surface area contributed by atoms with Crippen LogP contribution in [0.4, 0.5) is 0 Å². The van der Waals surface area contributed by atoms with Gasteiger partial charge in [-0.25, -0.2) is 13.2 Å². The number of hydrogen-bond acceptors (Lipinski definition) is 4. The molecule has 0 bridgehead atoms. The number of carbonyl (C=O) groups is 2. The molecule has 1 unspecified atom stereocenters. The van der Waals surface area contributed by atoms with Gasteiger partial charge < -0.3 is 10.0 Å². The molecule has 1 amide bonds. The molecule has 0 aromatic carbocycles. The van der Waals surface area contributed by atoms with Crippen LogP contribution in [0.5, 0.6) is 0 Å². The van der Waals surface area contributed by atoms with E-state index in [0.29, 0.717) is 0 Å². The quantitative estimate of drug-likeness (QED) is 0.763. The SMILES string of the molecule is CCC(C(=O)O)N(C)C(=O)C(C)(C)S(C)(=O)=O. The predicted octanol–water partition coefficient (Wildman–Crippen LogP) is 0.131. The van der Waals surface area contributed by atoms with Crippen molar-refractivity contribution in [2.75, 3.05) is 13.3 Å². The molecule has 0 radical (unpaired) electrons. The van der Waals surface area contributed by atoms with Crippen LogP contribution in [0.25, 0.3) is 0 Å². The summed E-state index contributed by atoms with van der Waals surface area (Å²) in [6.07, 6.45) is 1.18. The Balaban J connectivity index is 5.26. The fraction of sp³-hybridized carbons (Fsp3) is 0.800. The summed E-state index contributed by atoms with van der Waals surface area (Å²) in [6.45, 7) is 4.17. The van der Waals surface area contributed by atoms with Gasteiger partial charge in [0.2, 0.25) is 5.91 Å². The van der Waals surface area contributed by atoms with Gasteiger partial charge in [-0.1, -0.05) is 6.92 Å². The molecular weight excluding hydrogens is 246 g/mol. The van der Waals surface area contributed by atoms with E-state index >= 15 is 0 Å². The summed E-state index contributed by atoms with van der Waals surface area (Å²) in [5.41, 5.74) is 0. The minimum absolute atomic E-state index is 0.220. The van der Waals surface area contributed by atoms with Crippen molar-refractivity contribution in [3.8, 4) is 0 Å². The number of likely N-dealkylation sites (N-methyl/N-ethyl adjacent to an activating group) is 1. The molecule has 0 aromatic heterocycles. The van der Waals surface area contributed by atoms with Gasteiger partial charge in [-0.15, -0.1) is 0 Å². The van der Waals surface area contributed by atoms with Gasteiger partial charge in [-0.2, -0.15) is 0 Å². The van der Waals surface area contributed by atoms with Gasteiger partial charge in [-0.05, 0) is 20.3 Å². The van der Waals surface area contributed by atoms with E-state index in [2.05, 4.69) is 0 Å². The maximum Gasteiger partial charge on any atom is 0.326 e. The minimum Gasteiger partial charge on any atom is -0.480 e. The monoisotopic (exact) mass is 265 g/mol. The van der Waals surface area contributed by atoms with Crippen LogP contribution in [0.3, 0.4) is 0 Å². The van der Waals surface area contributed by atoms with Gasteiger partial charge in [0, 0.05) is 13.3 Å². The third-order valence-corrected chi connectivity index (χ3v) is 4.93. The van der Waals surface area contributed by atoms with Crippen molar-refractivity contribution in [1.82, 2.24) is 4.90 Å². The minimum atomic E-state index is -3.60. The Morgan fingerprint density at radius 3 is 2.00 bits per heavy atom. The number of carboxylic acids is 1. The number of carbonyl (C=O) groups excluding carboxylic acids is 1. The lowest BCUT2D eigenvalue weighted by atomic mass is 10.1. The molecule has 0 spiro atoms. The molecular formula is C10H19NO5S. The molecule has 7 heteroatoms. The van der Waals surface area contributed by atoms with Crippen LogP contribution in [0.1, 0.15) is 27.2 Å². The summed E-state index contributed by atoms with van der Waals surface area (Å²) < 4.78 is 21.3. The highest BCUT2D eigenvalue weighted by molar-refractivity contribution is 7.92. The van der Waals surface area contributed by atoms with Crippen LogP contribution in [-0.4, -0.2) is 54.4 Å². The van der Waals surface area contributed by atoms with Crippen molar-refractivity contribution in [3.05, 3.63) is 0 Å². The average molecular weight is 265 g/mol. The van der Waals surface area contributed by atoms with E-state index in [1.807, 2.05) is 0 Å². The Labute approximate surface area is 102 Å². The number of hydrogen-bond donors (Lipinski definition) is 1. The molecule has 0 rings (SSSR count). The molecule has 17 heavy (non-hydrogen) atoms. The van der Waals surface area contributed by atoms with E-state index in [-0.39, 0.29) is 6.42 Å². The van der Waals surface area contributed by atoms with Crippen LogP contribution in [-0.2, 0) is 19.4 Å². The lowest BCUT2D eigenvalue weighted by Gasteiger charge is -2.31. The fourth-order valence-corrected chi connectivity index (χ4v) is 1.80. The van der Waals surface area contributed by atoms with Crippen molar-refractivity contribution in [2.24, 2.45) is 0 Å². The highest BCUT2D eigenvalue weighted by atomic mass is 32.2. The zero-order valence-corrected chi connectivity index (χ0v) is 11.5.